The van der Waals surface area contributed by atoms with E-state index in [1.807, 2.05) is 6.92 Å². The van der Waals surface area contributed by atoms with E-state index in [0.717, 1.165) is 17.3 Å². The van der Waals surface area contributed by atoms with Crippen LogP contribution in [0.1, 0.15) is 32.6 Å². The molecule has 0 aliphatic heterocycles. The van der Waals surface area contributed by atoms with Crippen LogP contribution in [0.5, 0.6) is 0 Å². The van der Waals surface area contributed by atoms with E-state index in [1.54, 1.807) is 24.3 Å². The molecule has 1 aromatic carbocycles. The standard InChI is InChI=1S/C14H19BrO3S/c1-14(16)8-6-11(7-9-14)10-19(17,18)13-4-2-12(15)3-5-13/h2-5,11,16H,6-10H2,1H3/t11-,14+. The lowest BCUT2D eigenvalue weighted by atomic mass is 9.81. The molecule has 0 bridgehead atoms. The third kappa shape index (κ3) is 4.04. The fourth-order valence-corrected chi connectivity index (χ4v) is 4.48. The van der Waals surface area contributed by atoms with Crippen LogP contribution in [-0.4, -0.2) is 24.9 Å². The Hall–Kier alpha value is -0.390. The molecule has 1 N–H and O–H groups in total. The van der Waals surface area contributed by atoms with E-state index in [-0.39, 0.29) is 11.7 Å². The Labute approximate surface area is 123 Å². The molecule has 5 heteroatoms. The maximum atomic E-state index is 12.3. The van der Waals surface area contributed by atoms with Gasteiger partial charge < -0.3 is 5.11 Å². The summed E-state index contributed by atoms with van der Waals surface area (Å²) in [5, 5.41) is 9.88. The summed E-state index contributed by atoms with van der Waals surface area (Å²) in [5.41, 5.74) is -0.613. The summed E-state index contributed by atoms with van der Waals surface area (Å²) in [6.45, 7) is 1.83. The summed E-state index contributed by atoms with van der Waals surface area (Å²) < 4.78 is 25.5. The van der Waals surface area contributed by atoms with Crippen molar-refractivity contribution in [1.82, 2.24) is 0 Å². The van der Waals surface area contributed by atoms with Gasteiger partial charge >= 0.3 is 0 Å². The zero-order valence-corrected chi connectivity index (χ0v) is 13.4. The molecule has 1 saturated carbocycles. The molecule has 0 aromatic heterocycles. The van der Waals surface area contributed by atoms with Crippen molar-refractivity contribution in [3.63, 3.8) is 0 Å². The predicted molar refractivity (Wildman–Crippen MR) is 78.8 cm³/mol. The highest BCUT2D eigenvalue weighted by atomic mass is 79.9. The number of halogens is 1. The second kappa shape index (κ2) is 5.54. The number of sulfone groups is 1. The van der Waals surface area contributed by atoms with Crippen LogP contribution in [0.25, 0.3) is 0 Å². The van der Waals surface area contributed by atoms with E-state index in [0.29, 0.717) is 17.7 Å². The monoisotopic (exact) mass is 346 g/mol. The van der Waals surface area contributed by atoms with Crippen LogP contribution in [0.4, 0.5) is 0 Å². The van der Waals surface area contributed by atoms with Gasteiger partial charge in [0.15, 0.2) is 9.84 Å². The average molecular weight is 347 g/mol. The van der Waals surface area contributed by atoms with Crippen molar-refractivity contribution >= 4 is 25.8 Å². The van der Waals surface area contributed by atoms with Gasteiger partial charge in [0, 0.05) is 4.47 Å². The van der Waals surface area contributed by atoms with Gasteiger partial charge in [0.05, 0.1) is 16.2 Å². The number of hydrogen-bond acceptors (Lipinski definition) is 3. The van der Waals surface area contributed by atoms with Gasteiger partial charge in [-0.1, -0.05) is 15.9 Å². The molecule has 1 aliphatic carbocycles. The van der Waals surface area contributed by atoms with E-state index < -0.39 is 15.4 Å². The fourth-order valence-electron chi connectivity index (χ4n) is 2.51. The molecule has 0 unspecified atom stereocenters. The minimum absolute atomic E-state index is 0.161. The molecule has 0 amide bonds. The molecule has 1 aliphatic rings. The summed E-state index contributed by atoms with van der Waals surface area (Å²) >= 11 is 3.30. The molecular formula is C14H19BrO3S. The van der Waals surface area contributed by atoms with E-state index in [1.165, 1.54) is 0 Å². The third-order valence-electron chi connectivity index (χ3n) is 3.81. The number of aliphatic hydroxyl groups is 1. The van der Waals surface area contributed by atoms with Gasteiger partial charge in [-0.05, 0) is 62.8 Å². The smallest absolute Gasteiger partial charge is 0.178 e. The first-order chi connectivity index (χ1) is 8.78. The van der Waals surface area contributed by atoms with E-state index in [9.17, 15) is 13.5 Å². The van der Waals surface area contributed by atoms with Crippen molar-refractivity contribution < 1.29 is 13.5 Å². The van der Waals surface area contributed by atoms with E-state index in [2.05, 4.69) is 15.9 Å². The summed E-state index contributed by atoms with van der Waals surface area (Å²) in [6.07, 6.45) is 2.94. The molecular weight excluding hydrogens is 328 g/mol. The molecule has 0 saturated heterocycles. The van der Waals surface area contributed by atoms with E-state index >= 15 is 0 Å². The minimum Gasteiger partial charge on any atom is -0.390 e. The first-order valence-corrected chi connectivity index (χ1v) is 8.94. The molecule has 19 heavy (non-hydrogen) atoms. The molecule has 1 fully saturated rings. The van der Waals surface area contributed by atoms with Crippen molar-refractivity contribution in [1.29, 1.82) is 0 Å². The molecule has 0 atom stereocenters. The second-order valence-corrected chi connectivity index (χ2v) is 8.63. The maximum absolute atomic E-state index is 12.3. The normalized spacial score (nSPS) is 28.3. The van der Waals surface area contributed by atoms with Crippen molar-refractivity contribution in [2.24, 2.45) is 5.92 Å². The van der Waals surface area contributed by atoms with Gasteiger partial charge in [0.1, 0.15) is 0 Å². The first kappa shape index (κ1) is 15.0. The van der Waals surface area contributed by atoms with Crippen LogP contribution >= 0.6 is 15.9 Å². The van der Waals surface area contributed by atoms with Crippen LogP contribution in [-0.2, 0) is 9.84 Å². The lowest BCUT2D eigenvalue weighted by Crippen LogP contribution is -2.32. The highest BCUT2D eigenvalue weighted by Crippen LogP contribution is 2.33. The Bertz CT molecular complexity index is 524. The quantitative estimate of drug-likeness (QED) is 0.914. The Balaban J connectivity index is 2.04. The molecule has 2 rings (SSSR count). The minimum atomic E-state index is -3.22. The summed E-state index contributed by atoms with van der Waals surface area (Å²) in [7, 11) is -3.22. The Morgan fingerprint density at radius 1 is 1.26 bits per heavy atom. The zero-order valence-electron chi connectivity index (χ0n) is 11.0. The highest BCUT2D eigenvalue weighted by Gasteiger charge is 2.31. The Morgan fingerprint density at radius 2 is 1.79 bits per heavy atom. The van der Waals surface area contributed by atoms with Crippen LogP contribution in [0.15, 0.2) is 33.6 Å². The topological polar surface area (TPSA) is 54.4 Å². The molecule has 1 aromatic rings. The third-order valence-corrected chi connectivity index (χ3v) is 6.24. The summed E-state index contributed by atoms with van der Waals surface area (Å²) in [4.78, 5) is 0.382. The van der Waals surface area contributed by atoms with Gasteiger partial charge in [-0.15, -0.1) is 0 Å². The number of hydrogen-bond donors (Lipinski definition) is 1. The number of rotatable bonds is 3. The van der Waals surface area contributed by atoms with Gasteiger partial charge in [0.25, 0.3) is 0 Å². The molecule has 3 nitrogen and oxygen atoms in total. The largest absolute Gasteiger partial charge is 0.390 e. The fraction of sp³-hybridized carbons (Fsp3) is 0.571. The maximum Gasteiger partial charge on any atom is 0.178 e. The lowest BCUT2D eigenvalue weighted by molar-refractivity contribution is 0.0108. The molecule has 0 heterocycles. The average Bonchev–Trinajstić information content (AvgIpc) is 2.32. The second-order valence-electron chi connectivity index (χ2n) is 5.68. The summed E-state index contributed by atoms with van der Waals surface area (Å²) in [6, 6.07) is 6.77. The van der Waals surface area contributed by atoms with Gasteiger partial charge in [-0.2, -0.15) is 0 Å². The zero-order chi connectivity index (χ0) is 14.1. The Kier molecular flexibility index (Phi) is 4.38. The van der Waals surface area contributed by atoms with Gasteiger partial charge in [-0.3, -0.25) is 0 Å². The summed E-state index contributed by atoms with van der Waals surface area (Å²) in [5.74, 6) is 0.346. The van der Waals surface area contributed by atoms with Crippen LogP contribution in [0.3, 0.4) is 0 Å². The predicted octanol–water partition coefficient (Wildman–Crippen LogP) is 3.16. The van der Waals surface area contributed by atoms with Crippen molar-refractivity contribution in [3.8, 4) is 0 Å². The first-order valence-electron chi connectivity index (χ1n) is 6.49. The van der Waals surface area contributed by atoms with Crippen molar-refractivity contribution in [2.75, 3.05) is 5.75 Å². The SMILES string of the molecule is C[C@]1(O)CC[C@@H](CS(=O)(=O)c2ccc(Br)cc2)CC1. The lowest BCUT2D eigenvalue weighted by Gasteiger charge is -2.32. The number of benzene rings is 1. The van der Waals surface area contributed by atoms with Crippen LogP contribution in [0.2, 0.25) is 0 Å². The Morgan fingerprint density at radius 3 is 2.32 bits per heavy atom. The highest BCUT2D eigenvalue weighted by molar-refractivity contribution is 9.10. The van der Waals surface area contributed by atoms with E-state index in [4.69, 9.17) is 0 Å². The molecule has 0 spiro atoms. The molecule has 106 valence electrons. The van der Waals surface area contributed by atoms with Crippen LogP contribution in [0, 0.1) is 5.92 Å². The van der Waals surface area contributed by atoms with Crippen LogP contribution < -0.4 is 0 Å². The van der Waals surface area contributed by atoms with Crippen molar-refractivity contribution in [3.05, 3.63) is 28.7 Å². The van der Waals surface area contributed by atoms with Gasteiger partial charge in [0.2, 0.25) is 0 Å². The van der Waals surface area contributed by atoms with Gasteiger partial charge in [-0.25, -0.2) is 8.42 Å². The van der Waals surface area contributed by atoms with Crippen molar-refractivity contribution in [2.45, 2.75) is 43.1 Å². The molecule has 0 radical (unpaired) electrons.